The molecule has 1 heterocycles. The van der Waals surface area contributed by atoms with Gasteiger partial charge in [0.2, 0.25) is 11.8 Å². The summed E-state index contributed by atoms with van der Waals surface area (Å²) in [6, 6.07) is 12.9. The molecule has 2 aromatic carbocycles. The number of hydrogen-bond donors (Lipinski definition) is 0. The minimum Gasteiger partial charge on any atom is -0.495 e. The van der Waals surface area contributed by atoms with E-state index in [0.717, 1.165) is 24.1 Å². The van der Waals surface area contributed by atoms with Gasteiger partial charge in [0.1, 0.15) is 12.3 Å². The highest BCUT2D eigenvalue weighted by Gasteiger charge is 2.26. The first-order chi connectivity index (χ1) is 12.5. The predicted molar refractivity (Wildman–Crippen MR) is 103 cm³/mol. The molecule has 3 rings (SSSR count). The van der Waals surface area contributed by atoms with E-state index in [2.05, 4.69) is 0 Å². The molecule has 0 N–H and O–H groups in total. The van der Waals surface area contributed by atoms with Gasteiger partial charge in [-0.15, -0.1) is 0 Å². The number of fused-ring (bicyclic) bond motifs is 1. The molecule has 6 heteroatoms. The number of amides is 2. The molecule has 0 bridgehead atoms. The number of aryl methyl sites for hydroxylation is 1. The van der Waals surface area contributed by atoms with Crippen molar-refractivity contribution in [3.63, 3.8) is 0 Å². The number of halogens is 1. The van der Waals surface area contributed by atoms with Crippen LogP contribution in [0.25, 0.3) is 0 Å². The Morgan fingerprint density at radius 2 is 2.00 bits per heavy atom. The molecule has 0 atom stereocenters. The topological polar surface area (TPSA) is 49.9 Å². The van der Waals surface area contributed by atoms with Crippen LogP contribution in [0.4, 0.5) is 11.4 Å². The van der Waals surface area contributed by atoms with Crippen molar-refractivity contribution < 1.29 is 14.3 Å². The lowest BCUT2D eigenvalue weighted by atomic mass is 10.0. The largest absolute Gasteiger partial charge is 0.495 e. The molecular weight excluding hydrogens is 352 g/mol. The second-order valence-electron chi connectivity index (χ2n) is 6.20. The molecule has 2 aromatic rings. The van der Waals surface area contributed by atoms with E-state index in [1.807, 2.05) is 24.3 Å². The number of benzene rings is 2. The van der Waals surface area contributed by atoms with Crippen LogP contribution in [0.15, 0.2) is 42.5 Å². The normalized spacial score (nSPS) is 13.1. The quantitative estimate of drug-likeness (QED) is 0.822. The van der Waals surface area contributed by atoms with Gasteiger partial charge in [-0.25, -0.2) is 0 Å². The number of carbonyl (C=O) groups is 2. The second-order valence-corrected chi connectivity index (χ2v) is 6.64. The Bertz CT molecular complexity index is 838. The van der Waals surface area contributed by atoms with E-state index in [1.54, 1.807) is 23.1 Å². The Kier molecular flexibility index (Phi) is 5.47. The van der Waals surface area contributed by atoms with Crippen LogP contribution in [-0.2, 0) is 16.0 Å². The molecule has 0 saturated heterocycles. The highest BCUT2D eigenvalue weighted by Crippen LogP contribution is 2.32. The monoisotopic (exact) mass is 372 g/mol. The summed E-state index contributed by atoms with van der Waals surface area (Å²) in [5, 5.41) is 0.475. The lowest BCUT2D eigenvalue weighted by Crippen LogP contribution is -2.44. The third-order valence-electron chi connectivity index (χ3n) is 4.52. The van der Waals surface area contributed by atoms with Crippen molar-refractivity contribution in [1.29, 1.82) is 0 Å². The average Bonchev–Trinajstić information content (AvgIpc) is 2.65. The van der Waals surface area contributed by atoms with Crippen molar-refractivity contribution in [1.82, 2.24) is 0 Å². The van der Waals surface area contributed by atoms with Gasteiger partial charge in [-0.1, -0.05) is 29.8 Å². The number of carbonyl (C=O) groups excluding carboxylic acids is 2. The van der Waals surface area contributed by atoms with Gasteiger partial charge in [-0.05, 0) is 42.7 Å². The first kappa shape index (κ1) is 18.3. The van der Waals surface area contributed by atoms with E-state index in [0.29, 0.717) is 23.0 Å². The average molecular weight is 373 g/mol. The number of para-hydroxylation sites is 1. The van der Waals surface area contributed by atoms with Gasteiger partial charge < -0.3 is 9.64 Å². The zero-order valence-electron chi connectivity index (χ0n) is 14.9. The van der Waals surface area contributed by atoms with Crippen molar-refractivity contribution in [2.24, 2.45) is 0 Å². The van der Waals surface area contributed by atoms with Crippen molar-refractivity contribution in [2.45, 2.75) is 19.8 Å². The summed E-state index contributed by atoms with van der Waals surface area (Å²) in [4.78, 5) is 28.4. The van der Waals surface area contributed by atoms with Gasteiger partial charge in [-0.2, -0.15) is 0 Å². The van der Waals surface area contributed by atoms with Crippen LogP contribution in [0.5, 0.6) is 5.75 Å². The summed E-state index contributed by atoms with van der Waals surface area (Å²) in [5.41, 5.74) is 2.57. The number of rotatable bonds is 4. The first-order valence-corrected chi connectivity index (χ1v) is 8.89. The Hall–Kier alpha value is -2.53. The van der Waals surface area contributed by atoms with Gasteiger partial charge in [0.05, 0.1) is 12.8 Å². The summed E-state index contributed by atoms with van der Waals surface area (Å²) in [6.45, 7) is 2.01. The van der Waals surface area contributed by atoms with Crippen LogP contribution in [0.3, 0.4) is 0 Å². The Labute approximate surface area is 158 Å². The number of nitrogens with zero attached hydrogens (tertiary/aromatic N) is 2. The Balaban J connectivity index is 1.89. The van der Waals surface area contributed by atoms with E-state index in [-0.39, 0.29) is 18.4 Å². The fourth-order valence-corrected chi connectivity index (χ4v) is 3.42. The van der Waals surface area contributed by atoms with Crippen LogP contribution < -0.4 is 14.5 Å². The molecule has 0 aromatic heterocycles. The first-order valence-electron chi connectivity index (χ1n) is 8.51. The van der Waals surface area contributed by atoms with Gasteiger partial charge in [0.15, 0.2) is 0 Å². The number of hydrogen-bond acceptors (Lipinski definition) is 3. The smallest absolute Gasteiger partial charge is 0.247 e. The summed E-state index contributed by atoms with van der Waals surface area (Å²) >= 11 is 6.09. The summed E-state index contributed by atoms with van der Waals surface area (Å²) in [7, 11) is 1.52. The fourth-order valence-electron chi connectivity index (χ4n) is 3.25. The zero-order valence-corrected chi connectivity index (χ0v) is 15.6. The lowest BCUT2D eigenvalue weighted by molar-refractivity contribution is -0.121. The molecule has 0 unspecified atom stereocenters. The minimum absolute atomic E-state index is 0.0691. The van der Waals surface area contributed by atoms with Crippen molar-refractivity contribution in [2.75, 3.05) is 30.0 Å². The van der Waals surface area contributed by atoms with Crippen molar-refractivity contribution in [3.05, 3.63) is 53.1 Å². The maximum absolute atomic E-state index is 13.0. The maximum Gasteiger partial charge on any atom is 0.247 e. The summed E-state index contributed by atoms with van der Waals surface area (Å²) < 4.78 is 5.34. The van der Waals surface area contributed by atoms with E-state index in [9.17, 15) is 9.59 Å². The van der Waals surface area contributed by atoms with Crippen molar-refractivity contribution >= 4 is 34.8 Å². The van der Waals surface area contributed by atoms with Gasteiger partial charge >= 0.3 is 0 Å². The van der Waals surface area contributed by atoms with Crippen molar-refractivity contribution in [3.8, 4) is 5.75 Å². The summed E-state index contributed by atoms with van der Waals surface area (Å²) in [6.07, 6.45) is 1.86. The highest BCUT2D eigenvalue weighted by molar-refractivity contribution is 6.31. The minimum atomic E-state index is -0.246. The van der Waals surface area contributed by atoms with E-state index in [4.69, 9.17) is 16.3 Å². The predicted octanol–water partition coefficient (Wildman–Crippen LogP) is 3.68. The maximum atomic E-state index is 13.0. The number of ether oxygens (including phenoxy) is 1. The summed E-state index contributed by atoms with van der Waals surface area (Å²) in [5.74, 6) is 0.120. The Morgan fingerprint density at radius 1 is 1.23 bits per heavy atom. The van der Waals surface area contributed by atoms with Crippen LogP contribution in [-0.4, -0.2) is 32.0 Å². The molecule has 0 radical (unpaired) electrons. The molecular formula is C20H21ClN2O3. The molecule has 1 aliphatic heterocycles. The number of anilines is 2. The fraction of sp³-hybridized carbons (Fsp3) is 0.300. The highest BCUT2D eigenvalue weighted by atomic mass is 35.5. The van der Waals surface area contributed by atoms with Gasteiger partial charge in [0.25, 0.3) is 0 Å². The van der Waals surface area contributed by atoms with E-state index in [1.165, 1.54) is 18.9 Å². The van der Waals surface area contributed by atoms with Gasteiger partial charge in [0, 0.05) is 24.2 Å². The molecule has 136 valence electrons. The Morgan fingerprint density at radius 3 is 2.73 bits per heavy atom. The second kappa shape index (κ2) is 7.79. The molecule has 0 saturated carbocycles. The molecule has 26 heavy (non-hydrogen) atoms. The molecule has 2 amide bonds. The van der Waals surface area contributed by atoms with E-state index >= 15 is 0 Å². The lowest BCUT2D eigenvalue weighted by Gasteiger charge is -2.32. The third-order valence-corrected chi connectivity index (χ3v) is 4.75. The molecule has 5 nitrogen and oxygen atoms in total. The standard InChI is InChI=1S/C20H21ClN2O3/c1-14(24)23(18-12-16(21)9-10-19(18)26-2)13-20(25)22-11-5-7-15-6-3-4-8-17(15)22/h3-4,6,8-10,12H,5,7,11,13H2,1-2H3. The van der Waals surface area contributed by atoms with Crippen LogP contribution in [0.1, 0.15) is 18.9 Å². The van der Waals surface area contributed by atoms with E-state index < -0.39 is 0 Å². The molecule has 1 aliphatic rings. The van der Waals surface area contributed by atoms with Crippen LogP contribution >= 0.6 is 11.6 Å². The van der Waals surface area contributed by atoms with Crippen LogP contribution in [0, 0.1) is 0 Å². The number of methoxy groups -OCH3 is 1. The SMILES string of the molecule is COc1ccc(Cl)cc1N(CC(=O)N1CCCc2ccccc21)C(C)=O. The third kappa shape index (κ3) is 3.68. The zero-order chi connectivity index (χ0) is 18.7. The van der Waals surface area contributed by atoms with Crippen LogP contribution in [0.2, 0.25) is 5.02 Å². The molecule has 0 spiro atoms. The van der Waals surface area contributed by atoms with Gasteiger partial charge in [-0.3, -0.25) is 14.5 Å². The molecule has 0 fully saturated rings. The molecule has 0 aliphatic carbocycles.